The zero-order valence-electron chi connectivity index (χ0n) is 9.58. The third-order valence-corrected chi connectivity index (χ3v) is 2.75. The number of imidazole rings is 1. The van der Waals surface area contributed by atoms with Gasteiger partial charge in [0.2, 0.25) is 6.41 Å². The molecular formula is C14H11N3O. The average molecular weight is 237 g/mol. The molecule has 1 amide bonds. The Labute approximate surface area is 104 Å². The van der Waals surface area contributed by atoms with Crippen LogP contribution in [0, 0.1) is 0 Å². The molecular weight excluding hydrogens is 226 g/mol. The van der Waals surface area contributed by atoms with E-state index in [4.69, 9.17) is 0 Å². The third kappa shape index (κ3) is 1.84. The van der Waals surface area contributed by atoms with E-state index in [1.54, 1.807) is 0 Å². The number of amides is 1. The lowest BCUT2D eigenvalue weighted by molar-refractivity contribution is -0.105. The van der Waals surface area contributed by atoms with Crippen LogP contribution in [-0.4, -0.2) is 15.8 Å². The van der Waals surface area contributed by atoms with Gasteiger partial charge in [-0.2, -0.15) is 0 Å². The molecule has 2 heterocycles. The van der Waals surface area contributed by atoms with Crippen LogP contribution in [0.25, 0.3) is 16.9 Å². The Morgan fingerprint density at radius 1 is 1.17 bits per heavy atom. The molecule has 3 aromatic rings. The molecule has 18 heavy (non-hydrogen) atoms. The summed E-state index contributed by atoms with van der Waals surface area (Å²) in [6, 6.07) is 13.5. The van der Waals surface area contributed by atoms with E-state index in [9.17, 15) is 4.79 Å². The maximum Gasteiger partial charge on any atom is 0.211 e. The zero-order chi connectivity index (χ0) is 12.4. The van der Waals surface area contributed by atoms with E-state index in [2.05, 4.69) is 10.3 Å². The van der Waals surface area contributed by atoms with Crippen LogP contribution in [0.5, 0.6) is 0 Å². The van der Waals surface area contributed by atoms with Crippen molar-refractivity contribution in [3.63, 3.8) is 0 Å². The van der Waals surface area contributed by atoms with Gasteiger partial charge < -0.3 is 9.72 Å². The minimum atomic E-state index is 0.669. The van der Waals surface area contributed by atoms with Crippen molar-refractivity contribution >= 4 is 17.7 Å². The van der Waals surface area contributed by atoms with E-state index in [-0.39, 0.29) is 0 Å². The van der Waals surface area contributed by atoms with Gasteiger partial charge in [0.05, 0.1) is 5.69 Å². The Hall–Kier alpha value is -2.62. The van der Waals surface area contributed by atoms with Crippen molar-refractivity contribution in [2.45, 2.75) is 0 Å². The first-order chi connectivity index (χ1) is 8.86. The average Bonchev–Trinajstić information content (AvgIpc) is 2.83. The largest absolute Gasteiger partial charge is 0.329 e. The smallest absolute Gasteiger partial charge is 0.211 e. The summed E-state index contributed by atoms with van der Waals surface area (Å²) in [5.74, 6) is 0. The standard InChI is InChI=1S/C14H11N3O/c18-10-15-12-5-3-4-11(8-12)13-9-17-7-2-1-6-14(17)16-13/h1-10H,(H,15,18). The molecule has 0 aliphatic rings. The van der Waals surface area contributed by atoms with E-state index in [0.717, 1.165) is 22.6 Å². The second-order valence-electron chi connectivity index (χ2n) is 3.94. The molecule has 0 saturated heterocycles. The number of carbonyl (C=O) groups excluding carboxylic acids is 1. The predicted octanol–water partition coefficient (Wildman–Crippen LogP) is 2.57. The van der Waals surface area contributed by atoms with Gasteiger partial charge in [0.15, 0.2) is 0 Å². The molecule has 0 radical (unpaired) electrons. The fourth-order valence-electron chi connectivity index (χ4n) is 1.91. The molecule has 0 saturated carbocycles. The van der Waals surface area contributed by atoms with E-state index in [1.807, 2.05) is 59.3 Å². The van der Waals surface area contributed by atoms with Crippen molar-refractivity contribution in [2.24, 2.45) is 0 Å². The number of fused-ring (bicyclic) bond motifs is 1. The van der Waals surface area contributed by atoms with Gasteiger partial charge in [0.25, 0.3) is 0 Å². The number of carbonyl (C=O) groups is 1. The second kappa shape index (κ2) is 4.33. The number of pyridine rings is 1. The van der Waals surface area contributed by atoms with Gasteiger partial charge in [-0.05, 0) is 24.3 Å². The summed E-state index contributed by atoms with van der Waals surface area (Å²) in [7, 11) is 0. The highest BCUT2D eigenvalue weighted by Crippen LogP contribution is 2.22. The van der Waals surface area contributed by atoms with Crippen LogP contribution in [0.3, 0.4) is 0 Å². The molecule has 0 fully saturated rings. The summed E-state index contributed by atoms with van der Waals surface area (Å²) in [5, 5.41) is 2.64. The number of rotatable bonds is 3. The van der Waals surface area contributed by atoms with Crippen LogP contribution in [0.1, 0.15) is 0 Å². The van der Waals surface area contributed by atoms with Crippen molar-refractivity contribution < 1.29 is 4.79 Å². The number of benzene rings is 1. The molecule has 4 heteroatoms. The molecule has 0 unspecified atom stereocenters. The SMILES string of the molecule is O=CNc1cccc(-c2cn3ccccc3n2)c1. The fraction of sp³-hybridized carbons (Fsp3) is 0. The van der Waals surface area contributed by atoms with Crippen LogP contribution >= 0.6 is 0 Å². The van der Waals surface area contributed by atoms with Crippen LogP contribution in [0.15, 0.2) is 54.9 Å². The van der Waals surface area contributed by atoms with Crippen LogP contribution in [0.2, 0.25) is 0 Å². The first-order valence-corrected chi connectivity index (χ1v) is 5.61. The van der Waals surface area contributed by atoms with Crippen LogP contribution in [-0.2, 0) is 4.79 Å². The maximum absolute atomic E-state index is 10.4. The van der Waals surface area contributed by atoms with Gasteiger partial charge in [-0.25, -0.2) is 4.98 Å². The lowest BCUT2D eigenvalue weighted by Gasteiger charge is -2.00. The maximum atomic E-state index is 10.4. The van der Waals surface area contributed by atoms with Crippen LogP contribution in [0.4, 0.5) is 5.69 Å². The Balaban J connectivity index is 2.08. The summed E-state index contributed by atoms with van der Waals surface area (Å²) in [6.45, 7) is 0. The number of aromatic nitrogens is 2. The first-order valence-electron chi connectivity index (χ1n) is 5.61. The molecule has 0 atom stereocenters. The molecule has 88 valence electrons. The van der Waals surface area contributed by atoms with E-state index in [1.165, 1.54) is 0 Å². The number of hydrogen-bond acceptors (Lipinski definition) is 2. The summed E-state index contributed by atoms with van der Waals surface area (Å²) in [5.41, 5.74) is 3.53. The molecule has 2 aromatic heterocycles. The Morgan fingerprint density at radius 3 is 2.94 bits per heavy atom. The minimum absolute atomic E-state index is 0.669. The van der Waals surface area contributed by atoms with E-state index < -0.39 is 0 Å². The Morgan fingerprint density at radius 2 is 2.11 bits per heavy atom. The van der Waals surface area contributed by atoms with Crippen molar-refractivity contribution in [2.75, 3.05) is 5.32 Å². The highest BCUT2D eigenvalue weighted by Gasteiger charge is 2.04. The molecule has 0 bridgehead atoms. The number of nitrogens with one attached hydrogen (secondary N) is 1. The third-order valence-electron chi connectivity index (χ3n) is 2.75. The van der Waals surface area contributed by atoms with Crippen LogP contribution < -0.4 is 5.32 Å². The van der Waals surface area contributed by atoms with Gasteiger partial charge in [0, 0.05) is 23.6 Å². The summed E-state index contributed by atoms with van der Waals surface area (Å²) >= 11 is 0. The lowest BCUT2D eigenvalue weighted by Crippen LogP contribution is -1.93. The van der Waals surface area contributed by atoms with E-state index in [0.29, 0.717) is 6.41 Å². The summed E-state index contributed by atoms with van der Waals surface area (Å²) < 4.78 is 1.97. The lowest BCUT2D eigenvalue weighted by atomic mass is 10.1. The topological polar surface area (TPSA) is 46.4 Å². The van der Waals surface area contributed by atoms with Crippen molar-refractivity contribution in [1.29, 1.82) is 0 Å². The van der Waals surface area contributed by atoms with Gasteiger partial charge in [-0.1, -0.05) is 18.2 Å². The van der Waals surface area contributed by atoms with Crippen molar-refractivity contribution in [3.05, 3.63) is 54.9 Å². The van der Waals surface area contributed by atoms with Gasteiger partial charge in [-0.15, -0.1) is 0 Å². The van der Waals surface area contributed by atoms with Crippen molar-refractivity contribution in [3.8, 4) is 11.3 Å². The highest BCUT2D eigenvalue weighted by molar-refractivity contribution is 5.75. The molecule has 0 aliphatic heterocycles. The summed E-state index contributed by atoms with van der Waals surface area (Å²) in [6.07, 6.45) is 4.59. The molecule has 3 rings (SSSR count). The molecule has 4 nitrogen and oxygen atoms in total. The molecule has 0 spiro atoms. The zero-order valence-corrected chi connectivity index (χ0v) is 9.58. The number of nitrogens with zero attached hydrogens (tertiary/aromatic N) is 2. The highest BCUT2D eigenvalue weighted by atomic mass is 16.1. The second-order valence-corrected chi connectivity index (χ2v) is 3.94. The first kappa shape index (κ1) is 10.5. The predicted molar refractivity (Wildman–Crippen MR) is 70.3 cm³/mol. The number of anilines is 1. The van der Waals surface area contributed by atoms with E-state index >= 15 is 0 Å². The van der Waals surface area contributed by atoms with Gasteiger partial charge in [-0.3, -0.25) is 4.79 Å². The summed E-state index contributed by atoms with van der Waals surface area (Å²) in [4.78, 5) is 15.0. The normalized spacial score (nSPS) is 10.4. The fourth-order valence-corrected chi connectivity index (χ4v) is 1.91. The Kier molecular flexibility index (Phi) is 2.53. The van der Waals surface area contributed by atoms with Gasteiger partial charge in [0.1, 0.15) is 5.65 Å². The Bertz CT molecular complexity index is 670. The molecule has 1 N–H and O–H groups in total. The monoisotopic (exact) mass is 237 g/mol. The minimum Gasteiger partial charge on any atom is -0.329 e. The quantitative estimate of drug-likeness (QED) is 0.711. The number of hydrogen-bond donors (Lipinski definition) is 1. The molecule has 1 aromatic carbocycles. The van der Waals surface area contributed by atoms with Gasteiger partial charge >= 0.3 is 0 Å². The molecule has 0 aliphatic carbocycles. The van der Waals surface area contributed by atoms with Crippen molar-refractivity contribution in [1.82, 2.24) is 9.38 Å².